The number of carbonyl (C=O) groups excluding carboxylic acids is 2. The van der Waals surface area contributed by atoms with Crippen LogP contribution in [0.4, 0.5) is 0 Å². The van der Waals surface area contributed by atoms with Crippen LogP contribution in [0.2, 0.25) is 0 Å². The molecule has 1 aromatic heterocycles. The normalized spacial score (nSPS) is 19.1. The van der Waals surface area contributed by atoms with Crippen LogP contribution in [-0.4, -0.2) is 39.4 Å². The van der Waals surface area contributed by atoms with E-state index in [1.165, 1.54) is 0 Å². The summed E-state index contributed by atoms with van der Waals surface area (Å²) in [5.74, 6) is -0.387. The van der Waals surface area contributed by atoms with Crippen molar-refractivity contribution in [3.63, 3.8) is 0 Å². The minimum absolute atomic E-state index is 0.178. The monoisotopic (exact) mass is 279 g/mol. The van der Waals surface area contributed by atoms with Crippen molar-refractivity contribution in [1.82, 2.24) is 25.6 Å². The summed E-state index contributed by atoms with van der Waals surface area (Å²) in [7, 11) is 0. The molecule has 1 aliphatic heterocycles. The second kappa shape index (κ2) is 7.14. The maximum Gasteiger partial charge on any atom is 0.243 e. The van der Waals surface area contributed by atoms with Crippen molar-refractivity contribution in [2.45, 2.75) is 51.6 Å². The zero-order valence-electron chi connectivity index (χ0n) is 11.8. The number of imide groups is 1. The molecule has 2 N–H and O–H groups in total. The highest BCUT2D eigenvalue weighted by atomic mass is 16.2. The molecular formula is C13H21N5O2. The van der Waals surface area contributed by atoms with Crippen LogP contribution in [0.5, 0.6) is 0 Å². The minimum atomic E-state index is -0.244. The summed E-state index contributed by atoms with van der Waals surface area (Å²) in [5.41, 5.74) is 1.12. The number of rotatable bonds is 7. The molecule has 110 valence electrons. The number of hydrogen-bond donors (Lipinski definition) is 2. The van der Waals surface area contributed by atoms with Crippen molar-refractivity contribution in [2.24, 2.45) is 0 Å². The number of carbonyl (C=O) groups is 2. The van der Waals surface area contributed by atoms with Crippen molar-refractivity contribution in [1.29, 1.82) is 0 Å². The molecule has 0 saturated carbocycles. The summed E-state index contributed by atoms with van der Waals surface area (Å²) in [4.78, 5) is 22.6. The number of nitrogens with one attached hydrogen (secondary N) is 2. The van der Waals surface area contributed by atoms with Gasteiger partial charge < -0.3 is 5.32 Å². The second-order valence-corrected chi connectivity index (χ2v) is 5.01. The molecule has 1 aliphatic rings. The topological polar surface area (TPSA) is 88.9 Å². The van der Waals surface area contributed by atoms with Gasteiger partial charge in [0.1, 0.15) is 0 Å². The summed E-state index contributed by atoms with van der Waals surface area (Å²) < 4.78 is 1.92. The van der Waals surface area contributed by atoms with Crippen LogP contribution < -0.4 is 10.6 Å². The molecule has 7 nitrogen and oxygen atoms in total. The third-order valence-corrected chi connectivity index (χ3v) is 3.37. The maximum absolute atomic E-state index is 11.5. The number of amides is 2. The van der Waals surface area contributed by atoms with E-state index in [9.17, 15) is 9.59 Å². The van der Waals surface area contributed by atoms with Crippen LogP contribution >= 0.6 is 0 Å². The van der Waals surface area contributed by atoms with Crippen molar-refractivity contribution >= 4 is 11.8 Å². The van der Waals surface area contributed by atoms with Crippen LogP contribution in [0, 0.1) is 0 Å². The van der Waals surface area contributed by atoms with Gasteiger partial charge >= 0.3 is 0 Å². The molecule has 1 unspecified atom stereocenters. The Bertz CT molecular complexity index is 471. The molecule has 1 aromatic rings. The average Bonchev–Trinajstić information content (AvgIpc) is 2.85. The lowest BCUT2D eigenvalue weighted by Crippen LogP contribution is -2.50. The fraction of sp³-hybridized carbons (Fsp3) is 0.692. The van der Waals surface area contributed by atoms with Gasteiger partial charge in [0.15, 0.2) is 0 Å². The molecule has 1 saturated heterocycles. The molecule has 1 atom stereocenters. The van der Waals surface area contributed by atoms with E-state index in [1.807, 2.05) is 4.68 Å². The van der Waals surface area contributed by atoms with Crippen molar-refractivity contribution in [2.75, 3.05) is 6.54 Å². The van der Waals surface area contributed by atoms with E-state index in [0.29, 0.717) is 12.8 Å². The Hall–Kier alpha value is -1.76. The fourth-order valence-electron chi connectivity index (χ4n) is 2.31. The lowest BCUT2D eigenvalue weighted by molar-refractivity contribution is -0.134. The minimum Gasteiger partial charge on any atom is -0.306 e. The molecule has 2 heterocycles. The summed E-state index contributed by atoms with van der Waals surface area (Å²) in [6, 6.07) is -0.244. The molecule has 7 heteroatoms. The van der Waals surface area contributed by atoms with E-state index in [4.69, 9.17) is 0 Å². The molecule has 0 aromatic carbocycles. The molecule has 0 aliphatic carbocycles. The van der Waals surface area contributed by atoms with Gasteiger partial charge in [-0.1, -0.05) is 12.1 Å². The average molecular weight is 279 g/mol. The van der Waals surface area contributed by atoms with Gasteiger partial charge in [0.25, 0.3) is 0 Å². The van der Waals surface area contributed by atoms with Gasteiger partial charge in [-0.3, -0.25) is 14.9 Å². The molecule has 0 bridgehead atoms. The molecule has 0 radical (unpaired) electrons. The van der Waals surface area contributed by atoms with Gasteiger partial charge in [-0.05, 0) is 32.2 Å². The highest BCUT2D eigenvalue weighted by Gasteiger charge is 2.25. The highest BCUT2D eigenvalue weighted by Crippen LogP contribution is 2.05. The summed E-state index contributed by atoms with van der Waals surface area (Å²) in [5, 5.41) is 13.5. The molecular weight excluding hydrogens is 258 g/mol. The first-order valence-electron chi connectivity index (χ1n) is 7.15. The van der Waals surface area contributed by atoms with Gasteiger partial charge in [-0.25, -0.2) is 4.68 Å². The molecule has 2 amide bonds. The molecule has 20 heavy (non-hydrogen) atoms. The van der Waals surface area contributed by atoms with Crippen molar-refractivity contribution < 1.29 is 9.59 Å². The summed E-state index contributed by atoms with van der Waals surface area (Å²) in [6.45, 7) is 3.73. The SMILES string of the molecule is CCCn1nncc1CCCNC1CCC(=O)NC1=O. The van der Waals surface area contributed by atoms with Crippen molar-refractivity contribution in [3.05, 3.63) is 11.9 Å². The Morgan fingerprint density at radius 1 is 1.50 bits per heavy atom. The Morgan fingerprint density at radius 3 is 3.10 bits per heavy atom. The van der Waals surface area contributed by atoms with E-state index in [1.54, 1.807) is 6.20 Å². The lowest BCUT2D eigenvalue weighted by Gasteiger charge is -2.21. The number of hydrogen-bond acceptors (Lipinski definition) is 5. The molecule has 2 rings (SSSR count). The first kappa shape index (κ1) is 14.6. The maximum atomic E-state index is 11.5. The van der Waals surface area contributed by atoms with Gasteiger partial charge in [-0.2, -0.15) is 0 Å². The number of aromatic nitrogens is 3. The second-order valence-electron chi connectivity index (χ2n) is 5.01. The van der Waals surface area contributed by atoms with Crippen LogP contribution in [-0.2, 0) is 22.6 Å². The molecule has 1 fully saturated rings. The summed E-state index contributed by atoms with van der Waals surface area (Å²) >= 11 is 0. The Labute approximate surface area is 118 Å². The van der Waals surface area contributed by atoms with Crippen molar-refractivity contribution in [3.8, 4) is 0 Å². The van der Waals surface area contributed by atoms with Gasteiger partial charge in [-0.15, -0.1) is 5.10 Å². The number of piperidine rings is 1. The van der Waals surface area contributed by atoms with Crippen LogP contribution in [0.25, 0.3) is 0 Å². The third kappa shape index (κ3) is 3.86. The molecule has 0 spiro atoms. The van der Waals surface area contributed by atoms with E-state index in [2.05, 4.69) is 27.9 Å². The highest BCUT2D eigenvalue weighted by molar-refractivity contribution is 6.00. The van der Waals surface area contributed by atoms with E-state index in [0.717, 1.165) is 38.0 Å². The Kier molecular flexibility index (Phi) is 5.23. The van der Waals surface area contributed by atoms with Crippen LogP contribution in [0.1, 0.15) is 38.3 Å². The van der Waals surface area contributed by atoms with Gasteiger partial charge in [0, 0.05) is 13.0 Å². The van der Waals surface area contributed by atoms with Crippen LogP contribution in [0.15, 0.2) is 6.20 Å². The predicted molar refractivity (Wildman–Crippen MR) is 72.8 cm³/mol. The Morgan fingerprint density at radius 2 is 2.35 bits per heavy atom. The standard InChI is InChI=1S/C13H21N5O2/c1-2-8-18-10(9-15-17-18)4-3-7-14-11-5-6-12(19)16-13(11)20/h9,11,14H,2-8H2,1H3,(H,16,19,20). The smallest absolute Gasteiger partial charge is 0.243 e. The van der Waals surface area contributed by atoms with E-state index in [-0.39, 0.29) is 17.9 Å². The quantitative estimate of drug-likeness (QED) is 0.542. The first-order chi connectivity index (χ1) is 9.70. The van der Waals surface area contributed by atoms with Crippen LogP contribution in [0.3, 0.4) is 0 Å². The van der Waals surface area contributed by atoms with E-state index < -0.39 is 0 Å². The predicted octanol–water partition coefficient (Wildman–Crippen LogP) is 0.0155. The fourth-order valence-corrected chi connectivity index (χ4v) is 2.31. The van der Waals surface area contributed by atoms with Gasteiger partial charge in [0.05, 0.1) is 17.9 Å². The lowest BCUT2D eigenvalue weighted by atomic mass is 10.1. The summed E-state index contributed by atoms with van der Waals surface area (Å²) in [6.07, 6.45) is 5.62. The Balaban J connectivity index is 1.70. The third-order valence-electron chi connectivity index (χ3n) is 3.37. The zero-order chi connectivity index (χ0) is 14.4. The number of aryl methyl sites for hydroxylation is 2. The number of nitrogens with zero attached hydrogens (tertiary/aromatic N) is 3. The first-order valence-corrected chi connectivity index (χ1v) is 7.15. The zero-order valence-corrected chi connectivity index (χ0v) is 11.8. The largest absolute Gasteiger partial charge is 0.306 e. The van der Waals surface area contributed by atoms with E-state index >= 15 is 0 Å². The van der Waals surface area contributed by atoms with Gasteiger partial charge in [0.2, 0.25) is 11.8 Å².